The smallest absolute Gasteiger partial charge is 0.406 e. The third-order valence-corrected chi connectivity index (χ3v) is 0.926. The van der Waals surface area contributed by atoms with Gasteiger partial charge in [-0.25, -0.2) is 4.79 Å². The average molecular weight is 149 g/mol. The lowest BCUT2D eigenvalue weighted by molar-refractivity contribution is 0.107. The van der Waals surface area contributed by atoms with Crippen molar-refractivity contribution in [2.75, 3.05) is 6.61 Å². The van der Waals surface area contributed by atoms with Gasteiger partial charge in [0.25, 0.3) is 0 Å². The van der Waals surface area contributed by atoms with E-state index >= 15 is 0 Å². The van der Waals surface area contributed by atoms with E-state index in [4.69, 9.17) is 15.3 Å². The second kappa shape index (κ2) is 5.01. The van der Waals surface area contributed by atoms with E-state index < -0.39 is 12.3 Å². The molecule has 5 heteroatoms. The van der Waals surface area contributed by atoms with E-state index in [9.17, 15) is 4.79 Å². The van der Waals surface area contributed by atoms with Crippen molar-refractivity contribution >= 4 is 6.09 Å². The van der Waals surface area contributed by atoms with E-state index in [0.717, 1.165) is 0 Å². The minimum Gasteiger partial charge on any atom is -0.465 e. The van der Waals surface area contributed by atoms with Gasteiger partial charge in [0.1, 0.15) is 6.23 Å². The lowest BCUT2D eigenvalue weighted by Gasteiger charge is -2.07. The number of nitrogens with one attached hydrogen (secondary N) is 1. The summed E-state index contributed by atoms with van der Waals surface area (Å²) >= 11 is 0. The van der Waals surface area contributed by atoms with Crippen molar-refractivity contribution in [2.45, 2.75) is 19.1 Å². The first-order valence-electron chi connectivity index (χ1n) is 2.95. The van der Waals surface area contributed by atoms with Gasteiger partial charge in [-0.15, -0.1) is 0 Å². The molecule has 1 unspecified atom stereocenters. The fourth-order valence-electron chi connectivity index (χ4n) is 0.499. The molecule has 0 rings (SSSR count). The van der Waals surface area contributed by atoms with Crippen molar-refractivity contribution in [2.24, 2.45) is 0 Å². The quantitative estimate of drug-likeness (QED) is 0.400. The Kier molecular flexibility index (Phi) is 4.61. The minimum absolute atomic E-state index is 0.0433. The summed E-state index contributed by atoms with van der Waals surface area (Å²) in [5.74, 6) is 0. The van der Waals surface area contributed by atoms with Crippen LogP contribution in [0.4, 0.5) is 4.79 Å². The number of amides is 1. The van der Waals surface area contributed by atoms with Crippen molar-refractivity contribution in [1.82, 2.24) is 5.32 Å². The first-order chi connectivity index (χ1) is 4.66. The van der Waals surface area contributed by atoms with Crippen LogP contribution in [0, 0.1) is 0 Å². The fourth-order valence-corrected chi connectivity index (χ4v) is 0.499. The van der Waals surface area contributed by atoms with Gasteiger partial charge < -0.3 is 15.3 Å². The van der Waals surface area contributed by atoms with E-state index in [1.165, 1.54) is 0 Å². The normalized spacial score (nSPS) is 12.6. The monoisotopic (exact) mass is 149 g/mol. The summed E-state index contributed by atoms with van der Waals surface area (Å²) in [4.78, 5) is 9.84. The molecule has 4 N–H and O–H groups in total. The summed E-state index contributed by atoms with van der Waals surface area (Å²) in [7, 11) is 0. The van der Waals surface area contributed by atoms with Gasteiger partial charge in [-0.1, -0.05) is 0 Å². The number of carboxylic acid groups (broad SMARTS) is 1. The Morgan fingerprint density at radius 2 is 2.20 bits per heavy atom. The van der Waals surface area contributed by atoms with Crippen LogP contribution in [0.15, 0.2) is 0 Å². The second-order valence-corrected chi connectivity index (χ2v) is 1.83. The molecule has 1 atom stereocenters. The van der Waals surface area contributed by atoms with Gasteiger partial charge >= 0.3 is 6.09 Å². The average Bonchev–Trinajstić information content (AvgIpc) is 1.82. The van der Waals surface area contributed by atoms with Gasteiger partial charge in [0.15, 0.2) is 0 Å². The van der Waals surface area contributed by atoms with E-state index in [1.807, 2.05) is 5.32 Å². The Balaban J connectivity index is 3.25. The van der Waals surface area contributed by atoms with Crippen LogP contribution in [-0.2, 0) is 0 Å². The lowest BCUT2D eigenvalue weighted by atomic mass is 10.3. The van der Waals surface area contributed by atoms with Crippen LogP contribution in [0.1, 0.15) is 12.8 Å². The molecule has 0 aromatic heterocycles. The summed E-state index contributed by atoms with van der Waals surface area (Å²) in [5, 5.41) is 26.9. The maximum atomic E-state index is 9.84. The van der Waals surface area contributed by atoms with Gasteiger partial charge in [-0.3, -0.25) is 5.32 Å². The Morgan fingerprint density at radius 1 is 1.60 bits per heavy atom. The molecule has 0 fully saturated rings. The second-order valence-electron chi connectivity index (χ2n) is 1.83. The Morgan fingerprint density at radius 3 is 2.60 bits per heavy atom. The van der Waals surface area contributed by atoms with Gasteiger partial charge in [0.05, 0.1) is 0 Å². The predicted octanol–water partition coefficient (Wildman–Crippen LogP) is -0.655. The number of hydrogen-bond donors (Lipinski definition) is 4. The molecular weight excluding hydrogens is 138 g/mol. The maximum Gasteiger partial charge on any atom is 0.406 e. The van der Waals surface area contributed by atoms with Crippen molar-refractivity contribution in [3.63, 3.8) is 0 Å². The molecule has 5 nitrogen and oxygen atoms in total. The summed E-state index contributed by atoms with van der Waals surface area (Å²) in [5.41, 5.74) is 0. The molecule has 1 amide bonds. The zero-order valence-corrected chi connectivity index (χ0v) is 5.45. The molecule has 0 spiro atoms. The van der Waals surface area contributed by atoms with Crippen molar-refractivity contribution in [3.05, 3.63) is 0 Å². The fraction of sp³-hybridized carbons (Fsp3) is 0.800. The van der Waals surface area contributed by atoms with Crippen LogP contribution < -0.4 is 5.32 Å². The van der Waals surface area contributed by atoms with Crippen LogP contribution in [-0.4, -0.2) is 34.2 Å². The summed E-state index contributed by atoms with van der Waals surface area (Å²) in [6, 6.07) is 0. The van der Waals surface area contributed by atoms with Crippen LogP contribution in [0.2, 0.25) is 0 Å². The number of hydrogen-bond acceptors (Lipinski definition) is 3. The number of aliphatic hydroxyl groups excluding tert-OH is 2. The van der Waals surface area contributed by atoms with Crippen molar-refractivity contribution < 1.29 is 20.1 Å². The minimum atomic E-state index is -1.26. The maximum absolute atomic E-state index is 9.84. The molecule has 60 valence electrons. The van der Waals surface area contributed by atoms with E-state index in [1.54, 1.807) is 0 Å². The van der Waals surface area contributed by atoms with Crippen molar-refractivity contribution in [1.29, 1.82) is 0 Å². The lowest BCUT2D eigenvalue weighted by Crippen LogP contribution is -2.33. The third-order valence-electron chi connectivity index (χ3n) is 0.926. The van der Waals surface area contributed by atoms with Crippen LogP contribution >= 0.6 is 0 Å². The standard InChI is InChI=1S/C5H11NO4/c7-3-1-2-4(8)6-5(9)10/h4,6-8H,1-3H2,(H,9,10). The first-order valence-corrected chi connectivity index (χ1v) is 2.95. The highest BCUT2D eigenvalue weighted by atomic mass is 16.4. The van der Waals surface area contributed by atoms with Gasteiger partial charge in [0, 0.05) is 6.61 Å². The zero-order valence-electron chi connectivity index (χ0n) is 5.45. The molecule has 0 heterocycles. The van der Waals surface area contributed by atoms with Crippen LogP contribution in [0.5, 0.6) is 0 Å². The van der Waals surface area contributed by atoms with Gasteiger partial charge in [-0.05, 0) is 12.8 Å². The van der Waals surface area contributed by atoms with E-state index in [-0.39, 0.29) is 13.0 Å². The summed E-state index contributed by atoms with van der Waals surface area (Å²) in [6.07, 6.45) is -1.69. The molecule has 0 aliphatic heterocycles. The predicted molar refractivity (Wildman–Crippen MR) is 33.5 cm³/mol. The summed E-state index contributed by atoms with van der Waals surface area (Å²) < 4.78 is 0. The Labute approximate surface area is 58.3 Å². The van der Waals surface area contributed by atoms with Gasteiger partial charge in [0.2, 0.25) is 0 Å². The Bertz CT molecular complexity index is 106. The molecule has 0 saturated carbocycles. The highest BCUT2D eigenvalue weighted by molar-refractivity contribution is 5.64. The molecule has 0 radical (unpaired) electrons. The number of carbonyl (C=O) groups is 1. The SMILES string of the molecule is O=C(O)NC(O)CCCO. The molecule has 0 aromatic carbocycles. The Hall–Kier alpha value is -0.810. The van der Waals surface area contributed by atoms with Crippen LogP contribution in [0.3, 0.4) is 0 Å². The number of aliphatic hydroxyl groups is 2. The number of rotatable bonds is 4. The van der Waals surface area contributed by atoms with Gasteiger partial charge in [-0.2, -0.15) is 0 Å². The summed E-state index contributed by atoms with van der Waals surface area (Å²) in [6.45, 7) is -0.0433. The first kappa shape index (κ1) is 9.19. The highest BCUT2D eigenvalue weighted by Crippen LogP contribution is 1.91. The van der Waals surface area contributed by atoms with Crippen molar-refractivity contribution in [3.8, 4) is 0 Å². The zero-order chi connectivity index (χ0) is 7.98. The third kappa shape index (κ3) is 5.33. The molecule has 0 aromatic rings. The molecule has 0 saturated heterocycles. The van der Waals surface area contributed by atoms with E-state index in [0.29, 0.717) is 6.42 Å². The van der Waals surface area contributed by atoms with E-state index in [2.05, 4.69) is 0 Å². The molecule has 10 heavy (non-hydrogen) atoms. The molecule has 0 bridgehead atoms. The highest BCUT2D eigenvalue weighted by Gasteiger charge is 2.04. The molecule has 0 aliphatic rings. The molecular formula is C5H11NO4. The molecule has 0 aliphatic carbocycles. The topological polar surface area (TPSA) is 89.8 Å². The largest absolute Gasteiger partial charge is 0.465 e. The van der Waals surface area contributed by atoms with Crippen LogP contribution in [0.25, 0.3) is 0 Å².